The van der Waals surface area contributed by atoms with E-state index in [1.54, 1.807) is 18.3 Å². The summed E-state index contributed by atoms with van der Waals surface area (Å²) in [5, 5.41) is 21.8. The van der Waals surface area contributed by atoms with Gasteiger partial charge in [0.2, 0.25) is 0 Å². The molecule has 150 valence electrons. The molecule has 1 aromatic heterocycles. The Balaban J connectivity index is 1.73. The molecule has 8 nitrogen and oxygen atoms in total. The van der Waals surface area contributed by atoms with Crippen LogP contribution in [0.2, 0.25) is 0 Å². The molecule has 2 aromatic carbocycles. The van der Waals surface area contributed by atoms with Crippen LogP contribution in [0.1, 0.15) is 31.0 Å². The third-order valence-corrected chi connectivity index (χ3v) is 4.38. The molecule has 0 saturated carbocycles. The van der Waals surface area contributed by atoms with Gasteiger partial charge in [0.15, 0.2) is 5.96 Å². The first-order valence-corrected chi connectivity index (χ1v) is 9.45. The van der Waals surface area contributed by atoms with E-state index in [9.17, 15) is 10.1 Å². The smallest absolute Gasteiger partial charge is 0.269 e. The number of nitrogens with zero attached hydrogens (tertiary/aromatic N) is 4. The van der Waals surface area contributed by atoms with Gasteiger partial charge in [0.05, 0.1) is 23.2 Å². The quantitative estimate of drug-likeness (QED) is 0.277. The van der Waals surface area contributed by atoms with Crippen LogP contribution in [-0.2, 0) is 6.54 Å². The van der Waals surface area contributed by atoms with E-state index in [4.69, 9.17) is 0 Å². The molecule has 1 heterocycles. The maximum Gasteiger partial charge on any atom is 0.269 e. The number of hydrogen-bond acceptors (Lipinski definition) is 4. The molecule has 3 aromatic rings. The second-order valence-electron chi connectivity index (χ2n) is 6.53. The van der Waals surface area contributed by atoms with Gasteiger partial charge in [-0.25, -0.2) is 9.67 Å². The van der Waals surface area contributed by atoms with E-state index >= 15 is 0 Å². The van der Waals surface area contributed by atoms with Gasteiger partial charge in [0.25, 0.3) is 5.69 Å². The van der Waals surface area contributed by atoms with Crippen LogP contribution in [0.5, 0.6) is 0 Å². The second-order valence-corrected chi connectivity index (χ2v) is 6.53. The molecule has 0 amide bonds. The summed E-state index contributed by atoms with van der Waals surface area (Å²) in [5.74, 6) is 0.649. The molecule has 0 spiro atoms. The Labute approximate surface area is 169 Å². The summed E-state index contributed by atoms with van der Waals surface area (Å²) in [6.45, 7) is 5.11. The van der Waals surface area contributed by atoms with Gasteiger partial charge in [-0.2, -0.15) is 5.10 Å². The summed E-state index contributed by atoms with van der Waals surface area (Å²) >= 11 is 0. The molecule has 1 unspecified atom stereocenters. The molecule has 2 N–H and O–H groups in total. The molecule has 29 heavy (non-hydrogen) atoms. The van der Waals surface area contributed by atoms with Crippen molar-refractivity contribution in [3.8, 4) is 5.69 Å². The van der Waals surface area contributed by atoms with Crippen LogP contribution in [0, 0.1) is 10.1 Å². The van der Waals surface area contributed by atoms with Crippen molar-refractivity contribution in [2.24, 2.45) is 4.99 Å². The van der Waals surface area contributed by atoms with E-state index < -0.39 is 4.92 Å². The largest absolute Gasteiger partial charge is 0.357 e. The normalized spacial score (nSPS) is 12.4. The Bertz CT molecular complexity index is 984. The summed E-state index contributed by atoms with van der Waals surface area (Å²) in [7, 11) is 0. The number of non-ortho nitro benzene ring substituents is 1. The molecule has 0 fully saturated rings. The topological polar surface area (TPSA) is 97.4 Å². The number of benzene rings is 2. The predicted octanol–water partition coefficient (Wildman–Crippen LogP) is 3.60. The molecule has 1 atom stereocenters. The van der Waals surface area contributed by atoms with Crippen molar-refractivity contribution in [3.05, 3.63) is 88.2 Å². The van der Waals surface area contributed by atoms with Gasteiger partial charge in [-0.15, -0.1) is 0 Å². The molecular weight excluding hydrogens is 368 g/mol. The molecule has 0 radical (unpaired) electrons. The molecular formula is C21H24N6O2. The van der Waals surface area contributed by atoms with Crippen LogP contribution in [0.25, 0.3) is 5.69 Å². The van der Waals surface area contributed by atoms with Crippen LogP contribution in [0.3, 0.4) is 0 Å². The van der Waals surface area contributed by atoms with Crippen molar-refractivity contribution in [1.29, 1.82) is 0 Å². The van der Waals surface area contributed by atoms with Gasteiger partial charge in [-0.1, -0.05) is 24.3 Å². The second kappa shape index (κ2) is 9.50. The fourth-order valence-corrected chi connectivity index (χ4v) is 2.91. The van der Waals surface area contributed by atoms with E-state index in [2.05, 4.69) is 39.8 Å². The van der Waals surface area contributed by atoms with Crippen LogP contribution >= 0.6 is 0 Å². The first-order chi connectivity index (χ1) is 14.1. The lowest BCUT2D eigenvalue weighted by molar-refractivity contribution is -0.384. The van der Waals surface area contributed by atoms with Crippen LogP contribution < -0.4 is 10.6 Å². The first kappa shape index (κ1) is 20.1. The van der Waals surface area contributed by atoms with Crippen molar-refractivity contribution in [3.63, 3.8) is 0 Å². The first-order valence-electron chi connectivity index (χ1n) is 9.45. The van der Waals surface area contributed by atoms with Crippen molar-refractivity contribution >= 4 is 11.6 Å². The van der Waals surface area contributed by atoms with Gasteiger partial charge in [-0.3, -0.25) is 10.1 Å². The lowest BCUT2D eigenvalue weighted by Gasteiger charge is -2.19. The third kappa shape index (κ3) is 5.41. The van der Waals surface area contributed by atoms with E-state index in [-0.39, 0.29) is 11.7 Å². The highest BCUT2D eigenvalue weighted by atomic mass is 16.6. The zero-order chi connectivity index (χ0) is 20.6. The predicted molar refractivity (Wildman–Crippen MR) is 113 cm³/mol. The van der Waals surface area contributed by atoms with Crippen LogP contribution in [0.4, 0.5) is 5.69 Å². The number of rotatable bonds is 7. The minimum atomic E-state index is -0.397. The van der Waals surface area contributed by atoms with E-state index in [1.807, 2.05) is 42.1 Å². The number of nitro groups is 1. The van der Waals surface area contributed by atoms with Gasteiger partial charge in [-0.05, 0) is 43.2 Å². The summed E-state index contributed by atoms with van der Waals surface area (Å²) < 4.78 is 1.82. The highest BCUT2D eigenvalue weighted by Gasteiger charge is 2.10. The number of nitrogens with one attached hydrogen (secondary N) is 2. The molecule has 3 rings (SSSR count). The van der Waals surface area contributed by atoms with E-state index in [0.717, 1.165) is 16.8 Å². The lowest BCUT2D eigenvalue weighted by atomic mass is 10.1. The van der Waals surface area contributed by atoms with Gasteiger partial charge in [0.1, 0.15) is 0 Å². The number of nitro benzene ring substituents is 1. The average molecular weight is 392 g/mol. The summed E-state index contributed by atoms with van der Waals surface area (Å²) in [6, 6.07) is 16.6. The molecule has 0 aliphatic rings. The summed E-state index contributed by atoms with van der Waals surface area (Å²) in [5.41, 5.74) is 2.93. The fraction of sp³-hybridized carbons (Fsp3) is 0.238. The highest BCUT2D eigenvalue weighted by Crippen LogP contribution is 2.17. The highest BCUT2D eigenvalue weighted by molar-refractivity contribution is 5.80. The zero-order valence-corrected chi connectivity index (χ0v) is 16.4. The van der Waals surface area contributed by atoms with E-state index in [1.165, 1.54) is 6.07 Å². The van der Waals surface area contributed by atoms with Gasteiger partial charge >= 0.3 is 0 Å². The van der Waals surface area contributed by atoms with E-state index in [0.29, 0.717) is 19.0 Å². The number of aromatic nitrogens is 2. The fourth-order valence-electron chi connectivity index (χ4n) is 2.91. The summed E-state index contributed by atoms with van der Waals surface area (Å²) in [4.78, 5) is 15.1. The van der Waals surface area contributed by atoms with Crippen molar-refractivity contribution < 1.29 is 4.92 Å². The molecule has 0 aliphatic carbocycles. The lowest BCUT2D eigenvalue weighted by Crippen LogP contribution is -2.38. The minimum Gasteiger partial charge on any atom is -0.357 e. The number of guanidine groups is 1. The zero-order valence-electron chi connectivity index (χ0n) is 16.4. The van der Waals surface area contributed by atoms with Gasteiger partial charge < -0.3 is 10.6 Å². The Kier molecular flexibility index (Phi) is 6.57. The van der Waals surface area contributed by atoms with Crippen molar-refractivity contribution in [1.82, 2.24) is 20.4 Å². The summed E-state index contributed by atoms with van der Waals surface area (Å²) in [6.07, 6.45) is 3.65. The molecule has 8 heteroatoms. The third-order valence-electron chi connectivity index (χ3n) is 4.38. The Morgan fingerprint density at radius 2 is 2.07 bits per heavy atom. The Hall–Kier alpha value is -3.68. The monoisotopic (exact) mass is 392 g/mol. The molecule has 0 saturated heterocycles. The molecule has 0 bridgehead atoms. The van der Waals surface area contributed by atoms with Crippen molar-refractivity contribution in [2.75, 3.05) is 6.54 Å². The SMILES string of the molecule is CCNC(=NCc1cccc([N+](=O)[O-])c1)NC(C)c1cccc(-n2cccn2)c1. The molecule has 0 aliphatic heterocycles. The standard InChI is InChI=1S/C21H24N6O2/c1-3-22-21(23-15-17-7-4-10-20(13-17)27(28)29)25-16(2)18-8-5-9-19(14-18)26-12-6-11-24-26/h4-14,16H,3,15H2,1-2H3,(H2,22,23,25). The average Bonchev–Trinajstić information content (AvgIpc) is 3.27. The van der Waals surface area contributed by atoms with Crippen LogP contribution in [-0.4, -0.2) is 27.2 Å². The van der Waals surface area contributed by atoms with Crippen molar-refractivity contribution in [2.45, 2.75) is 26.4 Å². The van der Waals surface area contributed by atoms with Gasteiger partial charge in [0, 0.05) is 31.1 Å². The Morgan fingerprint density at radius 3 is 2.79 bits per heavy atom. The minimum absolute atomic E-state index is 0.00780. The number of hydrogen-bond donors (Lipinski definition) is 2. The number of aliphatic imine (C=N–C) groups is 1. The van der Waals surface area contributed by atoms with Crippen LogP contribution in [0.15, 0.2) is 72.0 Å². The maximum absolute atomic E-state index is 10.9. The maximum atomic E-state index is 10.9. The Morgan fingerprint density at radius 1 is 1.24 bits per heavy atom.